The zero-order valence-electron chi connectivity index (χ0n) is 22.3. The molecule has 2 nitrogen and oxygen atoms in total. The van der Waals surface area contributed by atoms with Gasteiger partial charge in [0.1, 0.15) is 11.5 Å². The Morgan fingerprint density at radius 2 is 1.03 bits per heavy atom. The summed E-state index contributed by atoms with van der Waals surface area (Å²) in [7, 11) is 0. The molecule has 0 saturated carbocycles. The van der Waals surface area contributed by atoms with Crippen molar-refractivity contribution in [1.82, 2.24) is 0 Å². The Labute approximate surface area is 211 Å². The molecule has 2 unspecified atom stereocenters. The summed E-state index contributed by atoms with van der Waals surface area (Å²) in [5.41, 5.74) is 0. The van der Waals surface area contributed by atoms with Gasteiger partial charge in [0, 0.05) is 6.07 Å². The highest BCUT2D eigenvalue weighted by atomic mass is 35.5. The van der Waals surface area contributed by atoms with E-state index in [0.29, 0.717) is 5.02 Å². The number of hydrogen-bond acceptors (Lipinski definition) is 2. The summed E-state index contributed by atoms with van der Waals surface area (Å²) in [5.74, 6) is 1.61. The van der Waals surface area contributed by atoms with Gasteiger partial charge in [0.15, 0.2) is 0 Å². The molecule has 0 radical (unpaired) electrons. The van der Waals surface area contributed by atoms with Crippen molar-refractivity contribution in [3.63, 3.8) is 0 Å². The lowest BCUT2D eigenvalue weighted by Gasteiger charge is -2.18. The second-order valence-corrected chi connectivity index (χ2v) is 10.4. The molecular formula is C30H53ClO2. The summed E-state index contributed by atoms with van der Waals surface area (Å²) in [4.78, 5) is 0. The van der Waals surface area contributed by atoms with Crippen LogP contribution in [-0.2, 0) is 0 Å². The van der Waals surface area contributed by atoms with Gasteiger partial charge >= 0.3 is 0 Å². The molecule has 0 bridgehead atoms. The van der Waals surface area contributed by atoms with Crippen LogP contribution in [0.3, 0.4) is 0 Å². The van der Waals surface area contributed by atoms with Gasteiger partial charge in [-0.3, -0.25) is 0 Å². The van der Waals surface area contributed by atoms with Gasteiger partial charge in [-0.25, -0.2) is 0 Å². The van der Waals surface area contributed by atoms with E-state index in [1.54, 1.807) is 0 Å². The van der Waals surface area contributed by atoms with Crippen LogP contribution < -0.4 is 9.47 Å². The highest BCUT2D eigenvalue weighted by molar-refractivity contribution is 6.32. The highest BCUT2D eigenvalue weighted by Crippen LogP contribution is 2.31. The largest absolute Gasteiger partial charge is 0.491 e. The maximum atomic E-state index is 6.49. The summed E-state index contributed by atoms with van der Waals surface area (Å²) < 4.78 is 12.2. The van der Waals surface area contributed by atoms with Gasteiger partial charge in [0.2, 0.25) is 0 Å². The number of hydrogen-bond donors (Lipinski definition) is 0. The van der Waals surface area contributed by atoms with Crippen molar-refractivity contribution in [2.75, 3.05) is 0 Å². The summed E-state index contributed by atoms with van der Waals surface area (Å²) in [6, 6.07) is 5.86. The minimum atomic E-state index is 0.190. The molecule has 0 N–H and O–H groups in total. The van der Waals surface area contributed by atoms with Crippen LogP contribution in [0.1, 0.15) is 143 Å². The molecule has 3 heteroatoms. The van der Waals surface area contributed by atoms with Gasteiger partial charge < -0.3 is 9.47 Å². The number of halogens is 1. The standard InChI is InChI=1S/C30H53ClO2/c1-5-7-9-11-13-15-17-19-21-26(3)32-28-23-24-30(29(31)25-28)33-27(4)22-20-18-16-14-12-10-8-6-2/h23-27H,5-22H2,1-4H3. The van der Waals surface area contributed by atoms with Crippen molar-refractivity contribution < 1.29 is 9.47 Å². The van der Waals surface area contributed by atoms with Crippen LogP contribution in [0.2, 0.25) is 5.02 Å². The predicted octanol–water partition coefficient (Wildman–Crippen LogP) is 10.9. The highest BCUT2D eigenvalue weighted by Gasteiger charge is 2.11. The van der Waals surface area contributed by atoms with Crippen molar-refractivity contribution in [2.45, 2.75) is 155 Å². The van der Waals surface area contributed by atoms with Crippen molar-refractivity contribution >= 4 is 11.6 Å². The summed E-state index contributed by atoms with van der Waals surface area (Å²) >= 11 is 6.49. The zero-order valence-corrected chi connectivity index (χ0v) is 23.1. The molecule has 0 saturated heterocycles. The summed E-state index contributed by atoms with van der Waals surface area (Å²) in [5, 5.41) is 0.648. The van der Waals surface area contributed by atoms with E-state index in [1.807, 2.05) is 18.2 Å². The molecule has 0 aromatic heterocycles. The minimum Gasteiger partial charge on any atom is -0.491 e. The Hall–Kier alpha value is -0.890. The Morgan fingerprint density at radius 3 is 1.48 bits per heavy atom. The smallest absolute Gasteiger partial charge is 0.138 e. The maximum absolute atomic E-state index is 6.49. The Bertz CT molecular complexity index is 574. The molecule has 0 amide bonds. The molecular weight excluding hydrogens is 428 g/mol. The molecule has 0 aliphatic rings. The SMILES string of the molecule is CCCCCCCCCCC(C)Oc1ccc(OC(C)CCCCCCCCCC)c(Cl)c1. The van der Waals surface area contributed by atoms with Gasteiger partial charge in [-0.15, -0.1) is 0 Å². The molecule has 1 aromatic carbocycles. The third-order valence-electron chi connectivity index (χ3n) is 6.50. The topological polar surface area (TPSA) is 18.5 Å². The van der Waals surface area contributed by atoms with Gasteiger partial charge in [-0.2, -0.15) is 0 Å². The molecule has 1 rings (SSSR count). The fourth-order valence-corrected chi connectivity index (χ4v) is 4.56. The van der Waals surface area contributed by atoms with Crippen molar-refractivity contribution in [2.24, 2.45) is 0 Å². The molecule has 0 aliphatic carbocycles. The van der Waals surface area contributed by atoms with E-state index in [2.05, 4.69) is 27.7 Å². The molecule has 0 heterocycles. The Balaban J connectivity index is 2.18. The fraction of sp³-hybridized carbons (Fsp3) is 0.800. The lowest BCUT2D eigenvalue weighted by Crippen LogP contribution is -2.13. The first-order valence-electron chi connectivity index (χ1n) is 14.2. The van der Waals surface area contributed by atoms with Crippen molar-refractivity contribution in [1.29, 1.82) is 0 Å². The zero-order chi connectivity index (χ0) is 24.2. The van der Waals surface area contributed by atoms with E-state index in [9.17, 15) is 0 Å². The lowest BCUT2D eigenvalue weighted by molar-refractivity contribution is 0.200. The van der Waals surface area contributed by atoms with Crippen LogP contribution in [0.4, 0.5) is 0 Å². The van der Waals surface area contributed by atoms with E-state index in [4.69, 9.17) is 21.1 Å². The van der Waals surface area contributed by atoms with Crippen molar-refractivity contribution in [3.8, 4) is 11.5 Å². The first kappa shape index (κ1) is 30.1. The third kappa shape index (κ3) is 16.4. The number of unbranched alkanes of at least 4 members (excludes halogenated alkanes) is 14. The van der Waals surface area contributed by atoms with Crippen LogP contribution in [0.15, 0.2) is 18.2 Å². The number of ether oxygens (including phenoxy) is 2. The molecule has 0 fully saturated rings. The average Bonchev–Trinajstić information content (AvgIpc) is 2.79. The Morgan fingerprint density at radius 1 is 0.606 bits per heavy atom. The normalized spacial score (nSPS) is 13.1. The van der Waals surface area contributed by atoms with E-state index in [0.717, 1.165) is 24.3 Å². The van der Waals surface area contributed by atoms with Gasteiger partial charge in [-0.05, 0) is 51.7 Å². The number of rotatable bonds is 22. The lowest BCUT2D eigenvalue weighted by atomic mass is 10.1. The molecule has 2 atom stereocenters. The second kappa shape index (κ2) is 20.5. The van der Waals surface area contributed by atoms with Crippen LogP contribution in [0.25, 0.3) is 0 Å². The van der Waals surface area contributed by atoms with E-state index < -0.39 is 0 Å². The van der Waals surface area contributed by atoms with Crippen LogP contribution in [0.5, 0.6) is 11.5 Å². The third-order valence-corrected chi connectivity index (χ3v) is 6.79. The summed E-state index contributed by atoms with van der Waals surface area (Å²) in [6.45, 7) is 8.85. The second-order valence-electron chi connectivity index (χ2n) is 9.98. The Kier molecular flexibility index (Phi) is 18.7. The van der Waals surface area contributed by atoms with Gasteiger partial charge in [0.25, 0.3) is 0 Å². The van der Waals surface area contributed by atoms with Gasteiger partial charge in [-0.1, -0.05) is 115 Å². The molecule has 1 aromatic rings. The molecule has 0 spiro atoms. The monoisotopic (exact) mass is 480 g/mol. The van der Waals surface area contributed by atoms with Crippen LogP contribution in [-0.4, -0.2) is 12.2 Å². The maximum Gasteiger partial charge on any atom is 0.138 e. The van der Waals surface area contributed by atoms with Crippen LogP contribution in [0, 0.1) is 0 Å². The fourth-order valence-electron chi connectivity index (χ4n) is 4.35. The minimum absolute atomic E-state index is 0.190. The van der Waals surface area contributed by atoms with E-state index in [1.165, 1.54) is 103 Å². The average molecular weight is 481 g/mol. The molecule has 33 heavy (non-hydrogen) atoms. The first-order valence-corrected chi connectivity index (χ1v) is 14.6. The van der Waals surface area contributed by atoms with Crippen molar-refractivity contribution in [3.05, 3.63) is 23.2 Å². The van der Waals surface area contributed by atoms with Crippen LogP contribution >= 0.6 is 11.6 Å². The molecule has 0 aliphatic heterocycles. The quantitative estimate of drug-likeness (QED) is 0.153. The van der Waals surface area contributed by atoms with Gasteiger partial charge in [0.05, 0.1) is 17.2 Å². The van der Waals surface area contributed by atoms with E-state index in [-0.39, 0.29) is 12.2 Å². The molecule has 192 valence electrons. The van der Waals surface area contributed by atoms with E-state index >= 15 is 0 Å². The number of benzene rings is 1. The first-order chi connectivity index (χ1) is 16.1. The summed E-state index contributed by atoms with van der Waals surface area (Å²) in [6.07, 6.45) is 24.1. The predicted molar refractivity (Wildman–Crippen MR) is 146 cm³/mol.